The zero-order chi connectivity index (χ0) is 16.6. The normalized spacial score (nSPS) is 10.4. The van der Waals surface area contributed by atoms with Gasteiger partial charge in [-0.25, -0.2) is 0 Å². The van der Waals surface area contributed by atoms with Crippen LogP contribution >= 0.6 is 0 Å². The van der Waals surface area contributed by atoms with E-state index in [2.05, 4.69) is 10.2 Å². The number of H-pyrrole nitrogens is 2. The molecule has 2 aromatic rings. The number of aromatic nitrogens is 4. The summed E-state index contributed by atoms with van der Waals surface area (Å²) < 4.78 is 0. The van der Waals surface area contributed by atoms with Gasteiger partial charge in [0.05, 0.1) is 9.85 Å². The van der Waals surface area contributed by atoms with Gasteiger partial charge < -0.3 is 20.2 Å². The van der Waals surface area contributed by atoms with Gasteiger partial charge in [0, 0.05) is 0 Å². The first-order chi connectivity index (χ1) is 10.3. The van der Waals surface area contributed by atoms with Gasteiger partial charge in [-0.1, -0.05) is 10.2 Å². The summed E-state index contributed by atoms with van der Waals surface area (Å²) in [7, 11) is 0. The predicted molar refractivity (Wildman–Crippen MR) is 62.8 cm³/mol. The first-order valence-electron chi connectivity index (χ1n) is 5.00. The maximum absolute atomic E-state index is 10.9. The van der Waals surface area contributed by atoms with Gasteiger partial charge in [-0.2, -0.15) is 0 Å². The predicted octanol–water partition coefficient (Wildman–Crippen LogP) is 0.433. The van der Waals surface area contributed by atoms with Crippen LogP contribution in [-0.4, -0.2) is 40.1 Å². The Morgan fingerprint density at radius 1 is 0.636 bits per heavy atom. The summed E-state index contributed by atoms with van der Waals surface area (Å²) in [4.78, 5) is 38.4. The minimum absolute atomic E-state index is 0.868. The minimum Gasteiger partial charge on any atom is -0.358 e. The van der Waals surface area contributed by atoms with E-state index in [1.165, 1.54) is 0 Å². The highest BCUT2D eigenvalue weighted by atomic mass is 16.6. The fourth-order valence-electron chi connectivity index (χ4n) is 1.58. The van der Waals surface area contributed by atoms with Crippen LogP contribution in [0.25, 0.3) is 11.4 Å². The summed E-state index contributed by atoms with van der Waals surface area (Å²) in [5, 5.41) is 53.0. The summed E-state index contributed by atoms with van der Waals surface area (Å²) in [5.74, 6) is -2.28. The van der Waals surface area contributed by atoms with E-state index in [1.807, 2.05) is 0 Å². The second kappa shape index (κ2) is 4.85. The van der Waals surface area contributed by atoms with Crippen molar-refractivity contribution in [3.8, 4) is 11.4 Å². The molecule has 0 atom stereocenters. The fourth-order valence-corrected chi connectivity index (χ4v) is 1.58. The van der Waals surface area contributed by atoms with Crippen LogP contribution in [0.5, 0.6) is 0 Å². The topological polar surface area (TPSA) is 230 Å². The molecule has 0 radical (unpaired) electrons. The van der Waals surface area contributed by atoms with Crippen molar-refractivity contribution >= 4 is 23.0 Å². The zero-order valence-corrected chi connectivity index (χ0v) is 9.95. The molecule has 114 valence electrons. The summed E-state index contributed by atoms with van der Waals surface area (Å²) in [5.41, 5.74) is -4.13. The van der Waals surface area contributed by atoms with Gasteiger partial charge in [0.15, 0.2) is 0 Å². The van der Waals surface area contributed by atoms with Crippen molar-refractivity contribution in [3.05, 3.63) is 40.5 Å². The molecule has 2 aromatic heterocycles. The lowest BCUT2D eigenvalue weighted by Gasteiger charge is -1.92. The monoisotopic (exact) mass is 314 g/mol. The molecule has 0 saturated carbocycles. The minimum atomic E-state index is -1.21. The van der Waals surface area contributed by atoms with Crippen LogP contribution < -0.4 is 0 Å². The smallest absolute Gasteiger partial charge is 0.358 e. The van der Waals surface area contributed by atoms with Crippen LogP contribution in [0, 0.1) is 40.5 Å². The maximum Gasteiger partial charge on any atom is 0.422 e. The van der Waals surface area contributed by atoms with Gasteiger partial charge in [0.1, 0.15) is 0 Å². The maximum atomic E-state index is 10.9. The summed E-state index contributed by atoms with van der Waals surface area (Å²) in [6.45, 7) is 0. The van der Waals surface area contributed by atoms with Crippen molar-refractivity contribution in [1.82, 2.24) is 20.4 Å². The Hall–Kier alpha value is -3.98. The van der Waals surface area contributed by atoms with Crippen LogP contribution in [0.3, 0.4) is 0 Å². The van der Waals surface area contributed by atoms with Crippen LogP contribution in [0.4, 0.5) is 23.0 Å². The molecule has 2 rings (SSSR count). The molecule has 2 heterocycles. The third-order valence-electron chi connectivity index (χ3n) is 2.40. The lowest BCUT2D eigenvalue weighted by atomic mass is 10.2. The van der Waals surface area contributed by atoms with Gasteiger partial charge in [-0.05, 0) is 9.85 Å². The van der Waals surface area contributed by atoms with E-state index in [4.69, 9.17) is 0 Å². The summed E-state index contributed by atoms with van der Waals surface area (Å²) >= 11 is 0. The first-order valence-corrected chi connectivity index (χ1v) is 5.00. The molecular weight excluding hydrogens is 312 g/mol. The molecule has 0 aliphatic carbocycles. The molecule has 0 amide bonds. The van der Waals surface area contributed by atoms with Gasteiger partial charge in [0.25, 0.3) is 0 Å². The van der Waals surface area contributed by atoms with Gasteiger partial charge in [0.2, 0.25) is 11.4 Å². The second-order valence-corrected chi connectivity index (χ2v) is 3.57. The molecule has 0 aliphatic heterocycles. The number of hydrogen-bond acceptors (Lipinski definition) is 10. The van der Waals surface area contributed by atoms with Gasteiger partial charge in [-0.3, -0.25) is 20.2 Å². The van der Waals surface area contributed by atoms with E-state index < -0.39 is 54.1 Å². The van der Waals surface area contributed by atoms with Crippen LogP contribution in [0.15, 0.2) is 0 Å². The van der Waals surface area contributed by atoms with Crippen molar-refractivity contribution < 1.29 is 19.7 Å². The second-order valence-electron chi connectivity index (χ2n) is 3.57. The van der Waals surface area contributed by atoms with Crippen LogP contribution in [-0.2, 0) is 0 Å². The Bertz CT molecular complexity index is 750. The van der Waals surface area contributed by atoms with E-state index in [1.54, 1.807) is 10.2 Å². The molecule has 0 unspecified atom stereocenters. The molecule has 22 heavy (non-hydrogen) atoms. The molecule has 0 aliphatic rings. The number of rotatable bonds is 5. The molecule has 16 nitrogen and oxygen atoms in total. The first kappa shape index (κ1) is 14.4. The van der Waals surface area contributed by atoms with E-state index in [0.717, 1.165) is 0 Å². The molecule has 0 aromatic carbocycles. The van der Waals surface area contributed by atoms with E-state index in [-0.39, 0.29) is 0 Å². The molecular formula is C6H2N8O8. The molecule has 16 heteroatoms. The average molecular weight is 314 g/mol. The zero-order valence-electron chi connectivity index (χ0n) is 9.95. The SMILES string of the molecule is O=[N+]([O-])c1[nH]nc(-c2n[nH]c([N+](=O)[O-])c2[N+](=O)[O-])c1[N+](=O)[O-]. The lowest BCUT2D eigenvalue weighted by molar-refractivity contribution is -0.425. The van der Waals surface area contributed by atoms with Crippen molar-refractivity contribution in [2.24, 2.45) is 0 Å². The Morgan fingerprint density at radius 3 is 1.18 bits per heavy atom. The molecule has 0 spiro atoms. The number of aromatic amines is 2. The van der Waals surface area contributed by atoms with E-state index in [0.29, 0.717) is 0 Å². The van der Waals surface area contributed by atoms with Crippen molar-refractivity contribution in [2.75, 3.05) is 0 Å². The van der Waals surface area contributed by atoms with Gasteiger partial charge >= 0.3 is 23.0 Å². The molecule has 0 bridgehead atoms. The van der Waals surface area contributed by atoms with Crippen molar-refractivity contribution in [1.29, 1.82) is 0 Å². The number of nitrogens with one attached hydrogen (secondary N) is 2. The largest absolute Gasteiger partial charge is 0.422 e. The Labute approximate surface area is 116 Å². The fraction of sp³-hybridized carbons (Fsp3) is 0. The number of nitrogens with zero attached hydrogens (tertiary/aromatic N) is 6. The van der Waals surface area contributed by atoms with E-state index in [9.17, 15) is 40.5 Å². The highest BCUT2D eigenvalue weighted by molar-refractivity contribution is 5.80. The highest BCUT2D eigenvalue weighted by Crippen LogP contribution is 2.41. The van der Waals surface area contributed by atoms with Gasteiger partial charge in [-0.15, -0.1) is 10.2 Å². The highest BCUT2D eigenvalue weighted by Gasteiger charge is 2.43. The van der Waals surface area contributed by atoms with Crippen molar-refractivity contribution in [2.45, 2.75) is 0 Å². The lowest BCUT2D eigenvalue weighted by Crippen LogP contribution is -1.98. The standard InChI is InChI=1S/C6H2N8O8/c15-11(16)3-1(7-9-5(3)13(19)20)2-4(12(17)18)6(10-8-2)14(21)22/h(H,7,9)(H,8,10). The third-order valence-corrected chi connectivity index (χ3v) is 2.40. The number of nitro groups is 4. The van der Waals surface area contributed by atoms with Crippen LogP contribution in [0.2, 0.25) is 0 Å². The average Bonchev–Trinajstić information content (AvgIpc) is 3.01. The number of hydrogen-bond donors (Lipinski definition) is 2. The quantitative estimate of drug-likeness (QED) is 0.570. The summed E-state index contributed by atoms with van der Waals surface area (Å²) in [6, 6.07) is 0. The Morgan fingerprint density at radius 2 is 0.955 bits per heavy atom. The third kappa shape index (κ3) is 2.05. The van der Waals surface area contributed by atoms with E-state index >= 15 is 0 Å². The molecule has 2 N–H and O–H groups in total. The molecule has 0 fully saturated rings. The molecule has 0 saturated heterocycles. The van der Waals surface area contributed by atoms with Crippen LogP contribution in [0.1, 0.15) is 0 Å². The Balaban J connectivity index is 2.78. The van der Waals surface area contributed by atoms with Crippen molar-refractivity contribution in [3.63, 3.8) is 0 Å². The summed E-state index contributed by atoms with van der Waals surface area (Å²) in [6.07, 6.45) is 0. The Kier molecular flexibility index (Phi) is 3.18.